The van der Waals surface area contributed by atoms with Gasteiger partial charge in [-0.15, -0.1) is 0 Å². The smallest absolute Gasteiger partial charge is 0.0780 e. The van der Waals surface area contributed by atoms with E-state index in [1.54, 1.807) is 12.4 Å². The molecular formula is C7H11N3. The van der Waals surface area contributed by atoms with Crippen LogP contribution in [0.5, 0.6) is 0 Å². The Morgan fingerprint density at radius 2 is 2.00 bits per heavy atom. The van der Waals surface area contributed by atoms with Gasteiger partial charge in [0.05, 0.1) is 11.4 Å². The highest BCUT2D eigenvalue weighted by Crippen LogP contribution is 2.07. The molecule has 1 aromatic rings. The van der Waals surface area contributed by atoms with Gasteiger partial charge in [0.2, 0.25) is 0 Å². The first-order valence-corrected chi connectivity index (χ1v) is 3.25. The van der Waals surface area contributed by atoms with E-state index >= 15 is 0 Å². The summed E-state index contributed by atoms with van der Waals surface area (Å²) in [6.07, 6.45) is 3.33. The maximum atomic E-state index is 5.61. The third-order valence-corrected chi connectivity index (χ3v) is 1.35. The van der Waals surface area contributed by atoms with Crippen LogP contribution >= 0.6 is 0 Å². The fraction of sp³-hybridized carbons (Fsp3) is 0.429. The number of nitrogens with zero attached hydrogens (tertiary/aromatic N) is 2. The second kappa shape index (κ2) is 2.75. The van der Waals surface area contributed by atoms with E-state index in [9.17, 15) is 0 Å². The van der Waals surface area contributed by atoms with Crippen LogP contribution in [-0.4, -0.2) is 9.97 Å². The molecule has 0 bridgehead atoms. The Morgan fingerprint density at radius 1 is 1.40 bits per heavy atom. The van der Waals surface area contributed by atoms with Crippen LogP contribution in [0.3, 0.4) is 0 Å². The number of rotatable bonds is 1. The van der Waals surface area contributed by atoms with Crippen LogP contribution in [0.25, 0.3) is 0 Å². The average Bonchev–Trinajstić information content (AvgIpc) is 1.88. The molecule has 3 nitrogen and oxygen atoms in total. The van der Waals surface area contributed by atoms with Crippen LogP contribution in [0.4, 0.5) is 0 Å². The molecule has 0 saturated heterocycles. The topological polar surface area (TPSA) is 51.8 Å². The van der Waals surface area contributed by atoms with Gasteiger partial charge in [0.1, 0.15) is 0 Å². The molecule has 0 amide bonds. The fourth-order valence-electron chi connectivity index (χ4n) is 0.865. The Morgan fingerprint density at radius 3 is 2.40 bits per heavy atom. The summed E-state index contributed by atoms with van der Waals surface area (Å²) in [5.41, 5.74) is 7.40. The molecule has 0 aromatic carbocycles. The van der Waals surface area contributed by atoms with Crippen molar-refractivity contribution in [3.05, 3.63) is 23.8 Å². The van der Waals surface area contributed by atoms with Crippen molar-refractivity contribution in [1.29, 1.82) is 0 Å². The molecule has 1 unspecified atom stereocenters. The summed E-state index contributed by atoms with van der Waals surface area (Å²) in [6.45, 7) is 3.81. The molecule has 0 aliphatic heterocycles. The van der Waals surface area contributed by atoms with Crippen molar-refractivity contribution >= 4 is 0 Å². The summed E-state index contributed by atoms with van der Waals surface area (Å²) in [7, 11) is 0. The standard InChI is InChI=1S/C7H11N3/c1-5(8)7-6(2)9-3-4-10-7/h3-5H,8H2,1-2H3. The molecule has 1 atom stereocenters. The Kier molecular flexibility index (Phi) is 1.97. The van der Waals surface area contributed by atoms with E-state index in [4.69, 9.17) is 5.73 Å². The number of hydrogen-bond acceptors (Lipinski definition) is 3. The first kappa shape index (κ1) is 7.15. The molecule has 0 aliphatic rings. The molecule has 2 N–H and O–H groups in total. The first-order valence-electron chi connectivity index (χ1n) is 3.25. The zero-order valence-corrected chi connectivity index (χ0v) is 6.20. The lowest BCUT2D eigenvalue weighted by atomic mass is 10.2. The predicted molar refractivity (Wildman–Crippen MR) is 39.4 cm³/mol. The van der Waals surface area contributed by atoms with E-state index in [1.165, 1.54) is 0 Å². The quantitative estimate of drug-likeness (QED) is 0.623. The minimum absolute atomic E-state index is 0.0197. The van der Waals surface area contributed by atoms with Crippen LogP contribution < -0.4 is 5.73 Å². The van der Waals surface area contributed by atoms with Gasteiger partial charge in [0.25, 0.3) is 0 Å². The summed E-state index contributed by atoms with van der Waals surface area (Å²) in [5, 5.41) is 0. The predicted octanol–water partition coefficient (Wildman–Crippen LogP) is 0.805. The molecule has 3 heteroatoms. The Balaban J connectivity index is 3.03. The van der Waals surface area contributed by atoms with Crippen molar-refractivity contribution < 1.29 is 0 Å². The Hall–Kier alpha value is -0.960. The average molecular weight is 137 g/mol. The van der Waals surface area contributed by atoms with E-state index in [0.717, 1.165) is 11.4 Å². The van der Waals surface area contributed by atoms with E-state index in [1.807, 2.05) is 13.8 Å². The van der Waals surface area contributed by atoms with Gasteiger partial charge in [0, 0.05) is 18.4 Å². The second-order valence-electron chi connectivity index (χ2n) is 2.32. The van der Waals surface area contributed by atoms with Crippen molar-refractivity contribution in [2.45, 2.75) is 19.9 Å². The van der Waals surface area contributed by atoms with Gasteiger partial charge in [-0.2, -0.15) is 0 Å². The summed E-state index contributed by atoms with van der Waals surface area (Å²) in [6, 6.07) is -0.0197. The van der Waals surface area contributed by atoms with E-state index in [0.29, 0.717) is 0 Å². The van der Waals surface area contributed by atoms with Crippen molar-refractivity contribution in [1.82, 2.24) is 9.97 Å². The largest absolute Gasteiger partial charge is 0.323 e. The van der Waals surface area contributed by atoms with Crippen LogP contribution in [0, 0.1) is 6.92 Å². The lowest BCUT2D eigenvalue weighted by Crippen LogP contribution is -2.09. The van der Waals surface area contributed by atoms with Crippen molar-refractivity contribution in [2.75, 3.05) is 0 Å². The maximum absolute atomic E-state index is 5.61. The highest BCUT2D eigenvalue weighted by atomic mass is 14.8. The normalized spacial score (nSPS) is 13.1. The molecule has 0 spiro atoms. The van der Waals surface area contributed by atoms with E-state index in [-0.39, 0.29) is 6.04 Å². The molecule has 1 heterocycles. The third kappa shape index (κ3) is 1.30. The monoisotopic (exact) mass is 137 g/mol. The fourth-order valence-corrected chi connectivity index (χ4v) is 0.865. The van der Waals surface area contributed by atoms with Gasteiger partial charge < -0.3 is 5.73 Å². The molecule has 0 fully saturated rings. The summed E-state index contributed by atoms with van der Waals surface area (Å²) in [5.74, 6) is 0. The van der Waals surface area contributed by atoms with E-state index < -0.39 is 0 Å². The number of hydrogen-bond donors (Lipinski definition) is 1. The second-order valence-corrected chi connectivity index (χ2v) is 2.32. The minimum atomic E-state index is -0.0197. The highest BCUT2D eigenvalue weighted by Gasteiger charge is 2.03. The molecule has 0 aliphatic carbocycles. The molecule has 54 valence electrons. The number of aryl methyl sites for hydroxylation is 1. The maximum Gasteiger partial charge on any atom is 0.0780 e. The number of aromatic nitrogens is 2. The van der Waals surface area contributed by atoms with Crippen LogP contribution in [-0.2, 0) is 0 Å². The first-order chi connectivity index (χ1) is 4.72. The molecule has 1 rings (SSSR count). The Labute approximate surface area is 60.3 Å². The summed E-state index contributed by atoms with van der Waals surface area (Å²) >= 11 is 0. The zero-order chi connectivity index (χ0) is 7.56. The van der Waals surface area contributed by atoms with Gasteiger partial charge in [-0.1, -0.05) is 0 Å². The molecule has 0 saturated carbocycles. The van der Waals surface area contributed by atoms with Gasteiger partial charge in [-0.3, -0.25) is 9.97 Å². The minimum Gasteiger partial charge on any atom is -0.323 e. The lowest BCUT2D eigenvalue weighted by Gasteiger charge is -2.05. The van der Waals surface area contributed by atoms with Crippen LogP contribution in [0.1, 0.15) is 24.4 Å². The van der Waals surface area contributed by atoms with Crippen LogP contribution in [0.15, 0.2) is 12.4 Å². The lowest BCUT2D eigenvalue weighted by molar-refractivity contribution is 0.759. The molecule has 1 aromatic heterocycles. The van der Waals surface area contributed by atoms with E-state index in [2.05, 4.69) is 9.97 Å². The van der Waals surface area contributed by atoms with Gasteiger partial charge in [0.15, 0.2) is 0 Å². The van der Waals surface area contributed by atoms with Crippen molar-refractivity contribution in [2.24, 2.45) is 5.73 Å². The van der Waals surface area contributed by atoms with Crippen molar-refractivity contribution in [3.8, 4) is 0 Å². The SMILES string of the molecule is Cc1nccnc1C(C)N. The zero-order valence-electron chi connectivity index (χ0n) is 6.20. The molecule has 10 heavy (non-hydrogen) atoms. The summed E-state index contributed by atoms with van der Waals surface area (Å²) < 4.78 is 0. The van der Waals surface area contributed by atoms with Gasteiger partial charge in [-0.05, 0) is 13.8 Å². The van der Waals surface area contributed by atoms with Crippen LogP contribution in [0.2, 0.25) is 0 Å². The summed E-state index contributed by atoms with van der Waals surface area (Å²) in [4.78, 5) is 8.15. The molecule has 0 radical (unpaired) electrons. The number of nitrogens with two attached hydrogens (primary N) is 1. The highest BCUT2D eigenvalue weighted by molar-refractivity contribution is 5.11. The van der Waals surface area contributed by atoms with Gasteiger partial charge >= 0.3 is 0 Å². The Bertz CT molecular complexity index is 220. The van der Waals surface area contributed by atoms with Crippen molar-refractivity contribution in [3.63, 3.8) is 0 Å². The molecular weight excluding hydrogens is 126 g/mol. The van der Waals surface area contributed by atoms with Gasteiger partial charge in [-0.25, -0.2) is 0 Å². The third-order valence-electron chi connectivity index (χ3n) is 1.35.